The average molecular weight is 212 g/mol. The molecule has 1 fully saturated rings. The Balaban J connectivity index is 2.16. The van der Waals surface area contributed by atoms with Crippen molar-refractivity contribution in [1.82, 2.24) is 0 Å². The summed E-state index contributed by atoms with van der Waals surface area (Å²) in [5, 5.41) is 10.0. The molecule has 0 bridgehead atoms. The number of rotatable bonds is 3. The fraction of sp³-hybridized carbons (Fsp3) is 0.500. The first-order valence-corrected chi connectivity index (χ1v) is 5.15. The van der Waals surface area contributed by atoms with E-state index in [1.54, 1.807) is 6.92 Å². The number of benzene rings is 1. The number of halogens is 2. The van der Waals surface area contributed by atoms with Gasteiger partial charge in [0, 0.05) is 12.5 Å². The van der Waals surface area contributed by atoms with E-state index in [-0.39, 0.29) is 5.92 Å². The molecule has 1 nitrogen and oxygen atoms in total. The molecule has 0 aliphatic heterocycles. The van der Waals surface area contributed by atoms with Crippen molar-refractivity contribution in [3.63, 3.8) is 0 Å². The minimum absolute atomic E-state index is 0.281. The lowest BCUT2D eigenvalue weighted by Crippen LogP contribution is -2.29. The summed E-state index contributed by atoms with van der Waals surface area (Å²) in [4.78, 5) is 0. The second-order valence-corrected chi connectivity index (χ2v) is 4.59. The molecular formula is C12H14F2O. The standard InChI is InChI=1S/C12H14F2O/c1-12(15,9-2-3-9)7-8-4-10(13)6-11(14)5-8/h4-6,9,15H,2-3,7H2,1H3. The number of hydrogen-bond acceptors (Lipinski definition) is 1. The summed E-state index contributed by atoms with van der Waals surface area (Å²) in [7, 11) is 0. The highest BCUT2D eigenvalue weighted by atomic mass is 19.1. The van der Waals surface area contributed by atoms with Crippen molar-refractivity contribution in [2.45, 2.75) is 31.8 Å². The highest BCUT2D eigenvalue weighted by Crippen LogP contribution is 2.41. The summed E-state index contributed by atoms with van der Waals surface area (Å²) in [6.45, 7) is 1.73. The minimum Gasteiger partial charge on any atom is -0.390 e. The number of hydrogen-bond donors (Lipinski definition) is 1. The molecule has 15 heavy (non-hydrogen) atoms. The van der Waals surface area contributed by atoms with Crippen molar-refractivity contribution in [2.24, 2.45) is 5.92 Å². The maximum atomic E-state index is 12.9. The van der Waals surface area contributed by atoms with Gasteiger partial charge in [-0.1, -0.05) is 0 Å². The smallest absolute Gasteiger partial charge is 0.126 e. The average Bonchev–Trinajstić information content (AvgIpc) is 2.80. The van der Waals surface area contributed by atoms with Gasteiger partial charge in [-0.2, -0.15) is 0 Å². The summed E-state index contributed by atoms with van der Waals surface area (Å²) in [6.07, 6.45) is 2.32. The van der Waals surface area contributed by atoms with E-state index >= 15 is 0 Å². The van der Waals surface area contributed by atoms with Crippen molar-refractivity contribution in [2.75, 3.05) is 0 Å². The van der Waals surface area contributed by atoms with Gasteiger partial charge >= 0.3 is 0 Å². The molecule has 0 radical (unpaired) electrons. The van der Waals surface area contributed by atoms with Crippen LogP contribution in [0.4, 0.5) is 8.78 Å². The van der Waals surface area contributed by atoms with E-state index in [1.165, 1.54) is 12.1 Å². The van der Waals surface area contributed by atoms with Crippen molar-refractivity contribution in [3.05, 3.63) is 35.4 Å². The van der Waals surface area contributed by atoms with Crippen LogP contribution in [0.1, 0.15) is 25.3 Å². The monoisotopic (exact) mass is 212 g/mol. The molecule has 0 heterocycles. The van der Waals surface area contributed by atoms with Crippen LogP contribution in [0.25, 0.3) is 0 Å². The summed E-state index contributed by atoms with van der Waals surface area (Å²) in [5.41, 5.74) is -0.315. The third-order valence-electron chi connectivity index (χ3n) is 2.94. The van der Waals surface area contributed by atoms with Gasteiger partial charge in [-0.3, -0.25) is 0 Å². The van der Waals surface area contributed by atoms with Crippen LogP contribution in [0.15, 0.2) is 18.2 Å². The van der Waals surface area contributed by atoms with Crippen molar-refractivity contribution < 1.29 is 13.9 Å². The fourth-order valence-corrected chi connectivity index (χ4v) is 1.98. The summed E-state index contributed by atoms with van der Waals surface area (Å²) >= 11 is 0. The van der Waals surface area contributed by atoms with E-state index in [2.05, 4.69) is 0 Å². The lowest BCUT2D eigenvalue weighted by Gasteiger charge is -2.22. The van der Waals surface area contributed by atoms with Crippen LogP contribution >= 0.6 is 0 Å². The van der Waals surface area contributed by atoms with Crippen LogP contribution in [-0.2, 0) is 6.42 Å². The van der Waals surface area contributed by atoms with Crippen molar-refractivity contribution in [1.29, 1.82) is 0 Å². The van der Waals surface area contributed by atoms with Crippen LogP contribution in [0, 0.1) is 17.6 Å². The third kappa shape index (κ3) is 2.53. The molecule has 1 aromatic rings. The zero-order valence-corrected chi connectivity index (χ0v) is 8.63. The lowest BCUT2D eigenvalue weighted by atomic mass is 9.92. The fourth-order valence-electron chi connectivity index (χ4n) is 1.98. The predicted octanol–water partition coefficient (Wildman–Crippen LogP) is 2.67. The Hall–Kier alpha value is -0.960. The molecule has 1 aliphatic carbocycles. The van der Waals surface area contributed by atoms with Gasteiger partial charge in [0.2, 0.25) is 0 Å². The highest BCUT2D eigenvalue weighted by molar-refractivity contribution is 5.20. The van der Waals surface area contributed by atoms with E-state index < -0.39 is 17.2 Å². The Morgan fingerprint density at radius 2 is 1.80 bits per heavy atom. The molecule has 2 rings (SSSR count). The molecule has 1 aromatic carbocycles. The van der Waals surface area contributed by atoms with E-state index in [0.717, 1.165) is 18.9 Å². The van der Waals surface area contributed by atoms with Gasteiger partial charge < -0.3 is 5.11 Å². The second kappa shape index (κ2) is 3.56. The van der Waals surface area contributed by atoms with Gasteiger partial charge in [0.05, 0.1) is 5.60 Å². The Morgan fingerprint density at radius 1 is 1.27 bits per heavy atom. The van der Waals surface area contributed by atoms with Gasteiger partial charge in [-0.15, -0.1) is 0 Å². The molecule has 1 unspecified atom stereocenters. The maximum Gasteiger partial charge on any atom is 0.126 e. The molecule has 0 amide bonds. The van der Waals surface area contributed by atoms with Crippen LogP contribution in [0.5, 0.6) is 0 Å². The summed E-state index contributed by atoms with van der Waals surface area (Å²) in [6, 6.07) is 3.40. The normalized spacial score (nSPS) is 20.0. The molecule has 1 saturated carbocycles. The van der Waals surface area contributed by atoms with Gasteiger partial charge in [-0.05, 0) is 43.4 Å². The third-order valence-corrected chi connectivity index (χ3v) is 2.94. The first-order valence-electron chi connectivity index (χ1n) is 5.15. The van der Waals surface area contributed by atoms with E-state index in [0.29, 0.717) is 12.0 Å². The second-order valence-electron chi connectivity index (χ2n) is 4.59. The maximum absolute atomic E-state index is 12.9. The van der Waals surface area contributed by atoms with E-state index in [1.807, 2.05) is 0 Å². The van der Waals surface area contributed by atoms with E-state index in [9.17, 15) is 13.9 Å². The molecule has 82 valence electrons. The molecule has 1 aliphatic rings. The lowest BCUT2D eigenvalue weighted by molar-refractivity contribution is 0.0371. The Bertz CT molecular complexity index is 350. The topological polar surface area (TPSA) is 20.2 Å². The Labute approximate surface area is 87.7 Å². The zero-order chi connectivity index (χ0) is 11.1. The minimum atomic E-state index is -0.833. The van der Waals surface area contributed by atoms with E-state index in [4.69, 9.17) is 0 Å². The zero-order valence-electron chi connectivity index (χ0n) is 8.63. The van der Waals surface area contributed by atoms with Crippen molar-refractivity contribution in [3.8, 4) is 0 Å². The highest BCUT2D eigenvalue weighted by Gasteiger charge is 2.39. The largest absolute Gasteiger partial charge is 0.390 e. The summed E-state index contributed by atoms with van der Waals surface area (Å²) in [5.74, 6) is -0.892. The number of aliphatic hydroxyl groups is 1. The molecule has 0 aromatic heterocycles. The predicted molar refractivity (Wildman–Crippen MR) is 53.4 cm³/mol. The molecule has 0 spiro atoms. The van der Waals surface area contributed by atoms with Crippen LogP contribution < -0.4 is 0 Å². The van der Waals surface area contributed by atoms with Gasteiger partial charge in [0.25, 0.3) is 0 Å². The van der Waals surface area contributed by atoms with Crippen LogP contribution in [0.3, 0.4) is 0 Å². The first kappa shape index (κ1) is 10.6. The molecular weight excluding hydrogens is 198 g/mol. The van der Waals surface area contributed by atoms with Gasteiger partial charge in [0.15, 0.2) is 0 Å². The van der Waals surface area contributed by atoms with Crippen molar-refractivity contribution >= 4 is 0 Å². The summed E-state index contributed by atoms with van der Waals surface area (Å²) < 4.78 is 25.8. The van der Waals surface area contributed by atoms with Gasteiger partial charge in [-0.25, -0.2) is 8.78 Å². The van der Waals surface area contributed by atoms with Crippen LogP contribution in [-0.4, -0.2) is 10.7 Å². The SMILES string of the molecule is CC(O)(Cc1cc(F)cc(F)c1)C1CC1. The Morgan fingerprint density at radius 3 is 2.27 bits per heavy atom. The van der Waals surface area contributed by atoms with Gasteiger partial charge in [0.1, 0.15) is 11.6 Å². The molecule has 1 N–H and O–H groups in total. The van der Waals surface area contributed by atoms with Crippen LogP contribution in [0.2, 0.25) is 0 Å². The quantitative estimate of drug-likeness (QED) is 0.816. The molecule has 1 atom stereocenters. The molecule has 0 saturated heterocycles. The molecule has 3 heteroatoms. The first-order chi connectivity index (χ1) is 6.97. The Kier molecular flexibility index (Phi) is 2.51.